The minimum absolute atomic E-state index is 0.121. The van der Waals surface area contributed by atoms with Crippen LogP contribution in [0.2, 0.25) is 0 Å². The van der Waals surface area contributed by atoms with Crippen molar-refractivity contribution in [3.8, 4) is 0 Å². The number of nitrogen functional groups attached to an aromatic ring is 1. The highest BCUT2D eigenvalue weighted by Crippen LogP contribution is 2.19. The van der Waals surface area contributed by atoms with E-state index in [9.17, 15) is 14.0 Å². The van der Waals surface area contributed by atoms with Crippen LogP contribution in [-0.4, -0.2) is 10.5 Å². The van der Waals surface area contributed by atoms with Gasteiger partial charge in [-0.15, -0.1) is 0 Å². The molecule has 0 aliphatic rings. The monoisotopic (exact) mass is 281 g/mol. The molecule has 1 aromatic carbocycles. The Bertz CT molecular complexity index is 678. The van der Waals surface area contributed by atoms with Crippen molar-refractivity contribution in [2.45, 2.75) is 13.5 Å². The van der Waals surface area contributed by atoms with Crippen molar-refractivity contribution in [1.82, 2.24) is 4.57 Å². The molecule has 5 nitrogen and oxygen atoms in total. The maximum Gasteiger partial charge on any atom is 0.307 e. The molecule has 0 bridgehead atoms. The third-order valence-electron chi connectivity index (χ3n) is 2.57. The molecule has 0 saturated carbocycles. The Hall–Kier alpha value is -2.15. The lowest BCUT2D eigenvalue weighted by molar-refractivity contribution is -0.116. The summed E-state index contributed by atoms with van der Waals surface area (Å²) >= 11 is 1.03. The van der Waals surface area contributed by atoms with E-state index in [0.29, 0.717) is 5.69 Å². The number of nitrogens with zero attached hydrogens (tertiary/aromatic N) is 1. The average molecular weight is 281 g/mol. The number of thiazole rings is 1. The van der Waals surface area contributed by atoms with E-state index >= 15 is 0 Å². The van der Waals surface area contributed by atoms with Crippen LogP contribution in [0.25, 0.3) is 0 Å². The van der Waals surface area contributed by atoms with Gasteiger partial charge in [0, 0.05) is 11.1 Å². The Balaban J connectivity index is 2.14. The van der Waals surface area contributed by atoms with Gasteiger partial charge in [0.25, 0.3) is 0 Å². The fraction of sp³-hybridized carbons (Fsp3) is 0.167. The summed E-state index contributed by atoms with van der Waals surface area (Å²) in [5.41, 5.74) is 6.80. The summed E-state index contributed by atoms with van der Waals surface area (Å²) in [6.07, 6.45) is 0. The first-order valence-corrected chi connectivity index (χ1v) is 6.35. The summed E-state index contributed by atoms with van der Waals surface area (Å²) in [4.78, 5) is 23.1. The van der Waals surface area contributed by atoms with E-state index in [0.717, 1.165) is 17.4 Å². The van der Waals surface area contributed by atoms with Crippen molar-refractivity contribution in [3.63, 3.8) is 0 Å². The number of hydrogen-bond acceptors (Lipinski definition) is 4. The molecule has 0 spiro atoms. The highest BCUT2D eigenvalue weighted by molar-refractivity contribution is 7.07. The van der Waals surface area contributed by atoms with Gasteiger partial charge in [-0.2, -0.15) is 0 Å². The Morgan fingerprint density at radius 3 is 2.89 bits per heavy atom. The maximum atomic E-state index is 13.0. The minimum atomic E-state index is -0.492. The highest BCUT2D eigenvalue weighted by Gasteiger charge is 2.10. The molecule has 1 heterocycles. The zero-order chi connectivity index (χ0) is 14.0. The number of nitrogens with two attached hydrogens (primary N) is 1. The predicted octanol–water partition coefficient (Wildman–Crippen LogP) is 1.58. The number of anilines is 2. The highest BCUT2D eigenvalue weighted by atomic mass is 32.1. The van der Waals surface area contributed by atoms with Crippen molar-refractivity contribution in [3.05, 3.63) is 44.8 Å². The van der Waals surface area contributed by atoms with Gasteiger partial charge in [-0.1, -0.05) is 11.3 Å². The fourth-order valence-electron chi connectivity index (χ4n) is 1.57. The molecular formula is C12H12FN3O2S. The quantitative estimate of drug-likeness (QED) is 0.838. The largest absolute Gasteiger partial charge is 0.397 e. The van der Waals surface area contributed by atoms with Crippen LogP contribution in [0.3, 0.4) is 0 Å². The zero-order valence-corrected chi connectivity index (χ0v) is 11.0. The van der Waals surface area contributed by atoms with Gasteiger partial charge >= 0.3 is 4.87 Å². The predicted molar refractivity (Wildman–Crippen MR) is 72.8 cm³/mol. The second kappa shape index (κ2) is 5.23. The number of carbonyl (C=O) groups is 1. The van der Waals surface area contributed by atoms with Crippen LogP contribution in [0, 0.1) is 12.7 Å². The van der Waals surface area contributed by atoms with Gasteiger partial charge < -0.3 is 11.1 Å². The molecule has 2 aromatic rings. The van der Waals surface area contributed by atoms with Crippen molar-refractivity contribution < 1.29 is 9.18 Å². The first kappa shape index (κ1) is 13.3. The molecule has 7 heteroatoms. The van der Waals surface area contributed by atoms with Crippen LogP contribution in [-0.2, 0) is 11.3 Å². The summed E-state index contributed by atoms with van der Waals surface area (Å²) in [6, 6.07) is 3.71. The number of rotatable bonds is 3. The maximum absolute atomic E-state index is 13.0. The van der Waals surface area contributed by atoms with E-state index in [4.69, 9.17) is 5.73 Å². The van der Waals surface area contributed by atoms with E-state index in [1.807, 2.05) is 0 Å². The Morgan fingerprint density at radius 2 is 2.26 bits per heavy atom. The summed E-state index contributed by atoms with van der Waals surface area (Å²) in [5, 5.41) is 4.16. The Morgan fingerprint density at radius 1 is 1.53 bits per heavy atom. The molecule has 0 aliphatic heterocycles. The number of carbonyl (C=O) groups excluding carboxylic acids is 1. The van der Waals surface area contributed by atoms with Gasteiger partial charge in [-0.05, 0) is 25.1 Å². The number of aryl methyl sites for hydroxylation is 1. The molecule has 0 aliphatic carbocycles. The second-order valence-corrected chi connectivity index (χ2v) is 4.83. The number of halogens is 1. The van der Waals surface area contributed by atoms with Gasteiger partial charge in [0.15, 0.2) is 0 Å². The molecule has 100 valence electrons. The van der Waals surface area contributed by atoms with Crippen LogP contribution in [0.5, 0.6) is 0 Å². The van der Waals surface area contributed by atoms with E-state index in [-0.39, 0.29) is 22.8 Å². The van der Waals surface area contributed by atoms with Gasteiger partial charge in [-0.25, -0.2) is 4.39 Å². The molecular weight excluding hydrogens is 269 g/mol. The van der Waals surface area contributed by atoms with Gasteiger partial charge in [0.2, 0.25) is 5.91 Å². The van der Waals surface area contributed by atoms with Crippen molar-refractivity contribution in [2.75, 3.05) is 11.1 Å². The summed E-state index contributed by atoms with van der Waals surface area (Å²) in [5.74, 6) is -0.922. The van der Waals surface area contributed by atoms with Crippen molar-refractivity contribution in [2.24, 2.45) is 0 Å². The smallest absolute Gasteiger partial charge is 0.307 e. The van der Waals surface area contributed by atoms with E-state index in [2.05, 4.69) is 5.32 Å². The van der Waals surface area contributed by atoms with E-state index in [1.165, 1.54) is 16.7 Å². The molecule has 3 N–H and O–H groups in total. The first-order valence-electron chi connectivity index (χ1n) is 5.47. The molecule has 0 atom stereocenters. The number of aromatic nitrogens is 1. The third-order valence-corrected chi connectivity index (χ3v) is 3.45. The first-order chi connectivity index (χ1) is 8.97. The zero-order valence-electron chi connectivity index (χ0n) is 10.1. The lowest BCUT2D eigenvalue weighted by Crippen LogP contribution is -2.25. The van der Waals surface area contributed by atoms with Gasteiger partial charge in [-0.3, -0.25) is 14.2 Å². The number of hydrogen-bond donors (Lipinski definition) is 2. The number of amides is 1. The standard InChI is InChI=1S/C12H12FN3O2S/c1-7-6-19-12(18)16(7)5-11(17)15-10-4-8(13)2-3-9(10)14/h2-4,6H,5,14H2,1H3,(H,15,17). The molecule has 0 fully saturated rings. The topological polar surface area (TPSA) is 77.1 Å². The second-order valence-electron chi connectivity index (χ2n) is 4.01. The number of nitrogens with one attached hydrogen (secondary N) is 1. The van der Waals surface area contributed by atoms with Crippen LogP contribution < -0.4 is 15.9 Å². The van der Waals surface area contributed by atoms with Crippen LogP contribution >= 0.6 is 11.3 Å². The minimum Gasteiger partial charge on any atom is -0.397 e. The normalized spacial score (nSPS) is 10.4. The van der Waals surface area contributed by atoms with Gasteiger partial charge in [0.1, 0.15) is 12.4 Å². The summed E-state index contributed by atoms with van der Waals surface area (Å²) < 4.78 is 14.4. The fourth-order valence-corrected chi connectivity index (χ4v) is 2.30. The molecule has 2 rings (SSSR count). The lowest BCUT2D eigenvalue weighted by Gasteiger charge is -2.09. The third kappa shape index (κ3) is 3.00. The number of benzene rings is 1. The summed E-state index contributed by atoms with van der Waals surface area (Å²) in [7, 11) is 0. The molecule has 19 heavy (non-hydrogen) atoms. The SMILES string of the molecule is Cc1csc(=O)n1CC(=O)Nc1cc(F)ccc1N. The van der Waals surface area contributed by atoms with Gasteiger partial charge in [0.05, 0.1) is 11.4 Å². The molecule has 1 aromatic heterocycles. The Labute approximate surface area is 112 Å². The summed E-state index contributed by atoms with van der Waals surface area (Å²) in [6.45, 7) is 1.62. The molecule has 0 radical (unpaired) electrons. The lowest BCUT2D eigenvalue weighted by atomic mass is 10.2. The van der Waals surface area contributed by atoms with E-state index in [1.54, 1.807) is 12.3 Å². The van der Waals surface area contributed by atoms with Crippen LogP contribution in [0.1, 0.15) is 5.69 Å². The average Bonchev–Trinajstić information content (AvgIpc) is 2.65. The van der Waals surface area contributed by atoms with Crippen LogP contribution in [0.15, 0.2) is 28.4 Å². The Kier molecular flexibility index (Phi) is 3.66. The van der Waals surface area contributed by atoms with Crippen molar-refractivity contribution >= 4 is 28.6 Å². The molecule has 0 saturated heterocycles. The van der Waals surface area contributed by atoms with E-state index < -0.39 is 11.7 Å². The van der Waals surface area contributed by atoms with Crippen molar-refractivity contribution in [1.29, 1.82) is 0 Å². The van der Waals surface area contributed by atoms with Crippen LogP contribution in [0.4, 0.5) is 15.8 Å². The molecule has 0 unspecified atom stereocenters. The molecule has 1 amide bonds.